The molecule has 1 aromatic carbocycles. The lowest BCUT2D eigenvalue weighted by molar-refractivity contribution is -0.134. The largest absolute Gasteiger partial charge is 0.368 e. The fourth-order valence-electron chi connectivity index (χ4n) is 6.44. The van der Waals surface area contributed by atoms with Crippen molar-refractivity contribution in [2.24, 2.45) is 5.73 Å². The zero-order valence-electron chi connectivity index (χ0n) is 21.4. The summed E-state index contributed by atoms with van der Waals surface area (Å²) in [6, 6.07) is 8.56. The topological polar surface area (TPSA) is 95.7 Å². The molecule has 0 spiro atoms. The Morgan fingerprint density at radius 1 is 0.973 bits per heavy atom. The maximum Gasteiger partial charge on any atom is 0.264 e. The van der Waals surface area contributed by atoms with Crippen LogP contribution in [0.5, 0.6) is 0 Å². The number of aryl methyl sites for hydroxylation is 1. The molecule has 3 aromatic rings. The molecule has 6 rings (SSSR count). The summed E-state index contributed by atoms with van der Waals surface area (Å²) in [4.78, 5) is 43.6. The first-order chi connectivity index (χ1) is 18.0. The number of thiophene rings is 1. The van der Waals surface area contributed by atoms with E-state index in [-0.39, 0.29) is 11.8 Å². The van der Waals surface area contributed by atoms with E-state index in [0.29, 0.717) is 25.9 Å². The Labute approximate surface area is 221 Å². The number of fused-ring (bicyclic) bond motifs is 2. The third kappa shape index (κ3) is 4.18. The van der Waals surface area contributed by atoms with Gasteiger partial charge >= 0.3 is 0 Å². The van der Waals surface area contributed by atoms with Crippen molar-refractivity contribution in [1.29, 1.82) is 0 Å². The van der Waals surface area contributed by atoms with Crippen LogP contribution in [0.4, 0.5) is 5.82 Å². The number of primary amides is 1. The number of anilines is 1. The van der Waals surface area contributed by atoms with Gasteiger partial charge in [0.25, 0.3) is 5.91 Å². The van der Waals surface area contributed by atoms with Crippen molar-refractivity contribution in [3.8, 4) is 0 Å². The van der Waals surface area contributed by atoms with Gasteiger partial charge in [-0.05, 0) is 68.8 Å². The van der Waals surface area contributed by atoms with Gasteiger partial charge in [0.1, 0.15) is 22.5 Å². The molecule has 3 aliphatic rings. The summed E-state index contributed by atoms with van der Waals surface area (Å²) < 4.78 is 0. The van der Waals surface area contributed by atoms with Crippen LogP contribution in [0.3, 0.4) is 0 Å². The summed E-state index contributed by atoms with van der Waals surface area (Å²) in [5.74, 6) is 0.679. The van der Waals surface area contributed by atoms with Crippen LogP contribution in [-0.2, 0) is 17.8 Å². The lowest BCUT2D eigenvalue weighted by Gasteiger charge is -2.48. The standard InChI is InChI=1S/C28H34N6O2S/c1-19-22-24(33-14-9-20-7-3-4-8-21(20)17-33)30-18-31-25(22)37-23(19)26(35)32-15-10-28(11-16-32,27(29)36)34-12-5-2-6-13-34/h3-4,7-8,18H,2,5-6,9-17H2,1H3,(H2,29,36). The molecule has 37 heavy (non-hydrogen) atoms. The normalized spacial score (nSPS) is 20.1. The number of piperidine rings is 2. The van der Waals surface area contributed by atoms with Gasteiger partial charge in [-0.25, -0.2) is 9.97 Å². The van der Waals surface area contributed by atoms with Crippen molar-refractivity contribution < 1.29 is 9.59 Å². The summed E-state index contributed by atoms with van der Waals surface area (Å²) in [7, 11) is 0. The molecule has 2 aromatic heterocycles. The van der Waals surface area contributed by atoms with Gasteiger partial charge in [0.05, 0.1) is 10.3 Å². The Kier molecular flexibility index (Phi) is 6.36. The van der Waals surface area contributed by atoms with Gasteiger partial charge in [-0.3, -0.25) is 14.5 Å². The van der Waals surface area contributed by atoms with E-state index in [1.807, 2.05) is 11.8 Å². The van der Waals surface area contributed by atoms with Crippen LogP contribution in [0, 0.1) is 6.92 Å². The molecule has 0 bridgehead atoms. The van der Waals surface area contributed by atoms with Gasteiger partial charge in [0, 0.05) is 26.2 Å². The molecule has 0 radical (unpaired) electrons. The summed E-state index contributed by atoms with van der Waals surface area (Å²) in [5, 5.41) is 0.979. The van der Waals surface area contributed by atoms with Crippen molar-refractivity contribution in [3.05, 3.63) is 52.2 Å². The van der Waals surface area contributed by atoms with E-state index in [0.717, 1.165) is 71.9 Å². The van der Waals surface area contributed by atoms with Crippen molar-refractivity contribution in [2.45, 2.75) is 57.5 Å². The predicted octanol–water partition coefficient (Wildman–Crippen LogP) is 3.51. The Hall–Kier alpha value is -3.04. The number of hydrogen-bond acceptors (Lipinski definition) is 7. The van der Waals surface area contributed by atoms with Gasteiger partial charge in [-0.2, -0.15) is 0 Å². The number of benzene rings is 1. The minimum atomic E-state index is -0.629. The molecule has 2 amide bonds. The predicted molar refractivity (Wildman–Crippen MR) is 146 cm³/mol. The molecule has 0 atom stereocenters. The maximum absolute atomic E-state index is 13.7. The highest BCUT2D eigenvalue weighted by atomic mass is 32.1. The van der Waals surface area contributed by atoms with E-state index in [9.17, 15) is 9.59 Å². The van der Waals surface area contributed by atoms with Crippen LogP contribution in [-0.4, -0.2) is 69.8 Å². The number of likely N-dealkylation sites (tertiary alicyclic amines) is 2. The fourth-order valence-corrected chi connectivity index (χ4v) is 7.55. The van der Waals surface area contributed by atoms with Gasteiger partial charge < -0.3 is 15.5 Å². The number of carbonyl (C=O) groups excluding carboxylic acids is 2. The highest BCUT2D eigenvalue weighted by Crippen LogP contribution is 2.38. The maximum atomic E-state index is 13.7. The molecule has 0 aliphatic carbocycles. The van der Waals surface area contributed by atoms with E-state index >= 15 is 0 Å². The SMILES string of the molecule is Cc1c(C(=O)N2CCC(C(N)=O)(N3CCCCC3)CC2)sc2ncnc(N3CCc4ccccc4C3)c12. The van der Waals surface area contributed by atoms with E-state index in [2.05, 4.69) is 44.0 Å². The number of nitrogens with two attached hydrogens (primary N) is 1. The smallest absolute Gasteiger partial charge is 0.264 e. The lowest BCUT2D eigenvalue weighted by atomic mass is 9.83. The average Bonchev–Trinajstić information content (AvgIpc) is 3.29. The number of carbonyl (C=O) groups is 2. The third-order valence-corrected chi connectivity index (χ3v) is 9.82. The van der Waals surface area contributed by atoms with Crippen LogP contribution in [0.15, 0.2) is 30.6 Å². The number of hydrogen-bond donors (Lipinski definition) is 1. The molecule has 9 heteroatoms. The second-order valence-electron chi connectivity index (χ2n) is 10.6. The molecule has 8 nitrogen and oxygen atoms in total. The van der Waals surface area contributed by atoms with E-state index in [1.54, 1.807) is 6.33 Å². The zero-order valence-corrected chi connectivity index (χ0v) is 22.2. The van der Waals surface area contributed by atoms with Gasteiger partial charge in [-0.15, -0.1) is 11.3 Å². The van der Waals surface area contributed by atoms with Crippen LogP contribution in [0.2, 0.25) is 0 Å². The molecule has 0 saturated carbocycles. The van der Waals surface area contributed by atoms with Crippen molar-refractivity contribution in [2.75, 3.05) is 37.6 Å². The monoisotopic (exact) mass is 518 g/mol. The Balaban J connectivity index is 1.24. The van der Waals surface area contributed by atoms with Crippen LogP contribution in [0.1, 0.15) is 58.5 Å². The van der Waals surface area contributed by atoms with Gasteiger partial charge in [-0.1, -0.05) is 30.7 Å². The highest BCUT2D eigenvalue weighted by molar-refractivity contribution is 7.20. The average molecular weight is 519 g/mol. The molecule has 5 heterocycles. The molecule has 2 saturated heterocycles. The lowest BCUT2D eigenvalue weighted by Crippen LogP contribution is -2.63. The molecule has 3 aliphatic heterocycles. The summed E-state index contributed by atoms with van der Waals surface area (Å²) in [6.07, 6.45) is 7.18. The third-order valence-electron chi connectivity index (χ3n) is 8.63. The second-order valence-corrected chi connectivity index (χ2v) is 11.6. The second kappa shape index (κ2) is 9.68. The first-order valence-electron chi connectivity index (χ1n) is 13.4. The number of rotatable bonds is 4. The van der Waals surface area contributed by atoms with Crippen LogP contribution in [0.25, 0.3) is 10.2 Å². The van der Waals surface area contributed by atoms with Crippen molar-refractivity contribution >= 4 is 39.2 Å². The fraction of sp³-hybridized carbons (Fsp3) is 0.500. The first-order valence-corrected chi connectivity index (χ1v) is 14.2. The van der Waals surface area contributed by atoms with Gasteiger partial charge in [0.15, 0.2) is 0 Å². The minimum Gasteiger partial charge on any atom is -0.368 e. The molecule has 0 unspecified atom stereocenters. The number of amides is 2. The molecule has 194 valence electrons. The molecular weight excluding hydrogens is 484 g/mol. The Morgan fingerprint density at radius 2 is 1.70 bits per heavy atom. The summed E-state index contributed by atoms with van der Waals surface area (Å²) in [6.45, 7) is 6.60. The van der Waals surface area contributed by atoms with Crippen molar-refractivity contribution in [3.63, 3.8) is 0 Å². The number of nitrogens with zero attached hydrogens (tertiary/aromatic N) is 5. The first kappa shape index (κ1) is 24.3. The van der Waals surface area contributed by atoms with E-state index < -0.39 is 5.54 Å². The van der Waals surface area contributed by atoms with Crippen LogP contribution < -0.4 is 10.6 Å². The van der Waals surface area contributed by atoms with Gasteiger partial charge in [0.2, 0.25) is 5.91 Å². The highest BCUT2D eigenvalue weighted by Gasteiger charge is 2.46. The van der Waals surface area contributed by atoms with Crippen molar-refractivity contribution in [1.82, 2.24) is 19.8 Å². The molecule has 2 N–H and O–H groups in total. The number of aromatic nitrogens is 2. The quantitative estimate of drug-likeness (QED) is 0.568. The Morgan fingerprint density at radius 3 is 2.43 bits per heavy atom. The van der Waals surface area contributed by atoms with Crippen LogP contribution >= 0.6 is 11.3 Å². The summed E-state index contributed by atoms with van der Waals surface area (Å²) in [5.41, 5.74) is 8.99. The summed E-state index contributed by atoms with van der Waals surface area (Å²) >= 11 is 1.45. The zero-order chi connectivity index (χ0) is 25.6. The van der Waals surface area contributed by atoms with E-state index in [4.69, 9.17) is 5.73 Å². The molecule has 2 fully saturated rings. The minimum absolute atomic E-state index is 0.0205. The molecular formula is C28H34N6O2S. The Bertz CT molecular complexity index is 1340. The van der Waals surface area contributed by atoms with E-state index in [1.165, 1.54) is 28.9 Å².